The van der Waals surface area contributed by atoms with Crippen LogP contribution >= 0.6 is 0 Å². The maximum atomic E-state index is 11.7. The van der Waals surface area contributed by atoms with Gasteiger partial charge in [-0.1, -0.05) is 0 Å². The summed E-state index contributed by atoms with van der Waals surface area (Å²) in [6.45, 7) is 0. The van der Waals surface area contributed by atoms with E-state index in [4.69, 9.17) is 10.2 Å². The number of rotatable bonds is 6. The molecule has 1 saturated carbocycles. The van der Waals surface area contributed by atoms with Crippen molar-refractivity contribution >= 4 is 17.7 Å². The predicted octanol–water partition coefficient (Wildman–Crippen LogP) is 1.31. The highest BCUT2D eigenvalue weighted by molar-refractivity contribution is 5.86. The van der Waals surface area contributed by atoms with E-state index in [1.54, 1.807) is 0 Å². The monoisotopic (exact) mass is 228 g/mol. The summed E-state index contributed by atoms with van der Waals surface area (Å²) in [7, 11) is 0. The van der Waals surface area contributed by atoms with Gasteiger partial charge in [-0.05, 0) is 25.7 Å². The van der Waals surface area contributed by atoms with Crippen molar-refractivity contribution in [2.24, 2.45) is 11.8 Å². The zero-order valence-electron chi connectivity index (χ0n) is 9.02. The van der Waals surface area contributed by atoms with Crippen molar-refractivity contribution in [2.75, 3.05) is 0 Å². The van der Waals surface area contributed by atoms with Gasteiger partial charge in [-0.15, -0.1) is 0 Å². The summed E-state index contributed by atoms with van der Waals surface area (Å²) in [6.07, 6.45) is 2.21. The summed E-state index contributed by atoms with van der Waals surface area (Å²) < 4.78 is 0. The van der Waals surface area contributed by atoms with Gasteiger partial charge in [0.1, 0.15) is 5.78 Å². The Morgan fingerprint density at radius 1 is 1.00 bits per heavy atom. The molecule has 0 aromatic carbocycles. The molecule has 2 unspecified atom stereocenters. The molecule has 0 radical (unpaired) electrons. The summed E-state index contributed by atoms with van der Waals surface area (Å²) in [6, 6.07) is 0. The van der Waals surface area contributed by atoms with Gasteiger partial charge in [-0.3, -0.25) is 14.4 Å². The van der Waals surface area contributed by atoms with Crippen LogP contribution in [0.5, 0.6) is 0 Å². The van der Waals surface area contributed by atoms with Crippen LogP contribution in [-0.2, 0) is 14.4 Å². The lowest BCUT2D eigenvalue weighted by Gasteiger charge is -2.08. The zero-order chi connectivity index (χ0) is 12.1. The summed E-state index contributed by atoms with van der Waals surface area (Å²) in [5.74, 6) is -2.06. The first-order valence-electron chi connectivity index (χ1n) is 5.48. The highest BCUT2D eigenvalue weighted by atomic mass is 16.4. The van der Waals surface area contributed by atoms with Gasteiger partial charge in [-0.25, -0.2) is 0 Å². The summed E-state index contributed by atoms with van der Waals surface area (Å²) in [4.78, 5) is 32.5. The molecule has 5 nitrogen and oxygen atoms in total. The molecule has 0 bridgehead atoms. The van der Waals surface area contributed by atoms with Gasteiger partial charge in [0.05, 0.1) is 0 Å². The molecule has 5 heteroatoms. The van der Waals surface area contributed by atoms with Crippen molar-refractivity contribution in [2.45, 2.75) is 38.5 Å². The standard InChI is InChI=1S/C11H16O5/c12-9(13)5-3-7-1-2-8(11(7)16)4-6-10(14)15/h7-8H,1-6H2,(H,12,13)(H,14,15). The third-order valence-corrected chi connectivity index (χ3v) is 3.08. The number of carbonyl (C=O) groups excluding carboxylic acids is 1. The van der Waals surface area contributed by atoms with Crippen LogP contribution in [0, 0.1) is 11.8 Å². The van der Waals surface area contributed by atoms with Gasteiger partial charge in [0.15, 0.2) is 0 Å². The molecule has 1 fully saturated rings. The Bertz CT molecular complexity index is 269. The van der Waals surface area contributed by atoms with Gasteiger partial charge < -0.3 is 10.2 Å². The average Bonchev–Trinajstić information content (AvgIpc) is 2.53. The van der Waals surface area contributed by atoms with Crippen LogP contribution in [0.1, 0.15) is 38.5 Å². The molecule has 16 heavy (non-hydrogen) atoms. The van der Waals surface area contributed by atoms with E-state index in [0.717, 1.165) is 0 Å². The second-order valence-electron chi connectivity index (χ2n) is 4.24. The molecule has 2 atom stereocenters. The van der Waals surface area contributed by atoms with E-state index in [1.807, 2.05) is 0 Å². The Morgan fingerprint density at radius 3 is 1.69 bits per heavy atom. The number of carbonyl (C=O) groups is 3. The molecular weight excluding hydrogens is 212 g/mol. The SMILES string of the molecule is O=C(O)CCC1CCC(CCC(=O)O)C1=O. The van der Waals surface area contributed by atoms with E-state index < -0.39 is 11.9 Å². The van der Waals surface area contributed by atoms with E-state index in [-0.39, 0.29) is 30.5 Å². The van der Waals surface area contributed by atoms with Crippen molar-refractivity contribution in [3.05, 3.63) is 0 Å². The lowest BCUT2D eigenvalue weighted by molar-refractivity contribution is -0.138. The smallest absolute Gasteiger partial charge is 0.303 e. The lowest BCUT2D eigenvalue weighted by atomic mass is 9.95. The van der Waals surface area contributed by atoms with Gasteiger partial charge >= 0.3 is 11.9 Å². The molecule has 0 amide bonds. The van der Waals surface area contributed by atoms with Gasteiger partial charge in [-0.2, -0.15) is 0 Å². The molecule has 1 rings (SSSR count). The van der Waals surface area contributed by atoms with Crippen LogP contribution in [0.25, 0.3) is 0 Å². The second kappa shape index (κ2) is 5.63. The highest BCUT2D eigenvalue weighted by Gasteiger charge is 2.33. The lowest BCUT2D eigenvalue weighted by Crippen LogP contribution is -2.16. The fourth-order valence-corrected chi connectivity index (χ4v) is 2.19. The quantitative estimate of drug-likeness (QED) is 0.715. The fraction of sp³-hybridized carbons (Fsp3) is 0.727. The average molecular weight is 228 g/mol. The van der Waals surface area contributed by atoms with E-state index >= 15 is 0 Å². The number of carboxylic acids is 2. The van der Waals surface area contributed by atoms with Crippen LogP contribution in [-0.4, -0.2) is 27.9 Å². The van der Waals surface area contributed by atoms with E-state index in [1.165, 1.54) is 0 Å². The molecule has 1 aliphatic carbocycles. The van der Waals surface area contributed by atoms with E-state index in [0.29, 0.717) is 25.7 Å². The van der Waals surface area contributed by atoms with Gasteiger partial charge in [0.25, 0.3) is 0 Å². The van der Waals surface area contributed by atoms with Crippen molar-refractivity contribution in [3.8, 4) is 0 Å². The van der Waals surface area contributed by atoms with Crippen LogP contribution in [0.4, 0.5) is 0 Å². The van der Waals surface area contributed by atoms with Crippen LogP contribution < -0.4 is 0 Å². The Kier molecular flexibility index (Phi) is 4.46. The van der Waals surface area contributed by atoms with E-state index in [2.05, 4.69) is 0 Å². The zero-order valence-corrected chi connectivity index (χ0v) is 9.02. The first-order valence-corrected chi connectivity index (χ1v) is 5.48. The minimum Gasteiger partial charge on any atom is -0.481 e. The molecule has 90 valence electrons. The fourth-order valence-electron chi connectivity index (χ4n) is 2.19. The first-order chi connectivity index (χ1) is 7.50. The van der Waals surface area contributed by atoms with Crippen LogP contribution in [0.3, 0.4) is 0 Å². The van der Waals surface area contributed by atoms with Crippen molar-refractivity contribution < 1.29 is 24.6 Å². The van der Waals surface area contributed by atoms with Crippen LogP contribution in [0.2, 0.25) is 0 Å². The molecule has 0 heterocycles. The molecule has 0 aromatic rings. The molecule has 0 aromatic heterocycles. The Labute approximate surface area is 93.5 Å². The van der Waals surface area contributed by atoms with Crippen LogP contribution in [0.15, 0.2) is 0 Å². The maximum Gasteiger partial charge on any atom is 0.303 e. The largest absolute Gasteiger partial charge is 0.481 e. The Balaban J connectivity index is 2.35. The number of ketones is 1. The summed E-state index contributed by atoms with van der Waals surface area (Å²) in [5.41, 5.74) is 0. The minimum atomic E-state index is -0.887. The third kappa shape index (κ3) is 3.64. The Morgan fingerprint density at radius 2 is 1.38 bits per heavy atom. The number of hydrogen-bond donors (Lipinski definition) is 2. The third-order valence-electron chi connectivity index (χ3n) is 3.08. The van der Waals surface area contributed by atoms with Crippen molar-refractivity contribution in [3.63, 3.8) is 0 Å². The summed E-state index contributed by atoms with van der Waals surface area (Å²) in [5, 5.41) is 17.0. The number of hydrogen-bond acceptors (Lipinski definition) is 3. The molecule has 1 aliphatic rings. The number of Topliss-reactive ketones (excluding diaryl/α,β-unsaturated/α-hetero) is 1. The van der Waals surface area contributed by atoms with E-state index in [9.17, 15) is 14.4 Å². The van der Waals surface area contributed by atoms with Gasteiger partial charge in [0, 0.05) is 24.7 Å². The van der Waals surface area contributed by atoms with Crippen molar-refractivity contribution in [1.29, 1.82) is 0 Å². The number of carboxylic acid groups (broad SMARTS) is 2. The number of aliphatic carboxylic acids is 2. The summed E-state index contributed by atoms with van der Waals surface area (Å²) >= 11 is 0. The molecule has 2 N–H and O–H groups in total. The minimum absolute atomic E-state index is 0.0159. The molecule has 0 aliphatic heterocycles. The topological polar surface area (TPSA) is 91.7 Å². The molecular formula is C11H16O5. The molecule has 0 saturated heterocycles. The maximum absolute atomic E-state index is 11.7. The highest BCUT2D eigenvalue weighted by Crippen LogP contribution is 2.33. The normalized spacial score (nSPS) is 24.6. The van der Waals surface area contributed by atoms with Crippen molar-refractivity contribution in [1.82, 2.24) is 0 Å². The predicted molar refractivity (Wildman–Crippen MR) is 55.0 cm³/mol. The Hall–Kier alpha value is -1.39. The van der Waals surface area contributed by atoms with Gasteiger partial charge in [0.2, 0.25) is 0 Å². The molecule has 0 spiro atoms. The second-order valence-corrected chi connectivity index (χ2v) is 4.24. The first kappa shape index (κ1) is 12.7.